The van der Waals surface area contributed by atoms with Gasteiger partial charge in [0.25, 0.3) is 0 Å². The second-order valence-electron chi connectivity index (χ2n) is 4.28. The highest BCUT2D eigenvalue weighted by Crippen LogP contribution is 2.21. The molecule has 2 N–H and O–H groups in total. The number of nitrogens with one attached hydrogen (secondary N) is 2. The van der Waals surface area contributed by atoms with E-state index in [1.165, 1.54) is 6.08 Å². The van der Waals surface area contributed by atoms with Crippen molar-refractivity contribution >= 4 is 62.5 Å². The normalized spacial score (nSPS) is 10.5. The van der Waals surface area contributed by atoms with Gasteiger partial charge in [-0.3, -0.25) is 10.1 Å². The van der Waals surface area contributed by atoms with Crippen molar-refractivity contribution in [1.82, 2.24) is 5.32 Å². The Kier molecular flexibility index (Phi) is 6.12. The number of thiocarbonyl (C=S) groups is 1. The van der Waals surface area contributed by atoms with E-state index in [0.29, 0.717) is 5.02 Å². The van der Waals surface area contributed by atoms with Crippen molar-refractivity contribution in [3.05, 3.63) is 69.7 Å². The van der Waals surface area contributed by atoms with Crippen LogP contribution in [0.4, 0.5) is 5.69 Å². The molecule has 1 amide bonds. The van der Waals surface area contributed by atoms with Crippen LogP contribution in [0, 0.1) is 0 Å². The van der Waals surface area contributed by atoms with E-state index in [0.717, 1.165) is 15.7 Å². The van der Waals surface area contributed by atoms with Gasteiger partial charge in [-0.15, -0.1) is 0 Å². The zero-order chi connectivity index (χ0) is 15.9. The summed E-state index contributed by atoms with van der Waals surface area (Å²) in [6.45, 7) is 0. The van der Waals surface area contributed by atoms with E-state index < -0.39 is 0 Å². The summed E-state index contributed by atoms with van der Waals surface area (Å²) >= 11 is 14.5. The number of para-hydroxylation sites is 1. The SMILES string of the molecule is O=C(/C=C/c1ccccc1Cl)NC(=S)Nc1ccccc1Br. The van der Waals surface area contributed by atoms with Gasteiger partial charge in [0, 0.05) is 15.6 Å². The van der Waals surface area contributed by atoms with Gasteiger partial charge in [-0.2, -0.15) is 0 Å². The summed E-state index contributed by atoms with van der Waals surface area (Å²) in [6, 6.07) is 14.8. The largest absolute Gasteiger partial charge is 0.331 e. The van der Waals surface area contributed by atoms with E-state index in [-0.39, 0.29) is 11.0 Å². The highest BCUT2D eigenvalue weighted by Gasteiger charge is 2.04. The Morgan fingerprint density at radius 1 is 1.14 bits per heavy atom. The molecule has 6 heteroatoms. The number of hydrogen-bond acceptors (Lipinski definition) is 2. The quantitative estimate of drug-likeness (QED) is 0.588. The van der Waals surface area contributed by atoms with Crippen molar-refractivity contribution in [1.29, 1.82) is 0 Å². The molecule has 3 nitrogen and oxygen atoms in total. The van der Waals surface area contributed by atoms with Gasteiger partial charge in [-0.05, 0) is 58.0 Å². The van der Waals surface area contributed by atoms with Crippen molar-refractivity contribution in [2.45, 2.75) is 0 Å². The minimum Gasteiger partial charge on any atom is -0.331 e. The molecule has 112 valence electrons. The first-order chi connectivity index (χ1) is 10.6. The maximum Gasteiger partial charge on any atom is 0.250 e. The summed E-state index contributed by atoms with van der Waals surface area (Å²) in [5, 5.41) is 6.33. The third-order valence-corrected chi connectivity index (χ3v) is 3.92. The lowest BCUT2D eigenvalue weighted by Gasteiger charge is -2.09. The number of rotatable bonds is 3. The Morgan fingerprint density at radius 3 is 2.55 bits per heavy atom. The van der Waals surface area contributed by atoms with Gasteiger partial charge in [0.15, 0.2) is 5.11 Å². The molecule has 0 aliphatic carbocycles. The fourth-order valence-corrected chi connectivity index (χ4v) is 2.44. The number of carbonyl (C=O) groups excluding carboxylic acids is 1. The Labute approximate surface area is 147 Å². The van der Waals surface area contributed by atoms with Crippen LogP contribution >= 0.6 is 39.7 Å². The van der Waals surface area contributed by atoms with Crippen LogP contribution in [-0.2, 0) is 4.79 Å². The first kappa shape index (κ1) is 16.7. The summed E-state index contributed by atoms with van der Waals surface area (Å²) in [4.78, 5) is 11.8. The molecule has 0 bridgehead atoms. The lowest BCUT2D eigenvalue weighted by Crippen LogP contribution is -2.32. The van der Waals surface area contributed by atoms with Gasteiger partial charge in [-0.1, -0.05) is 41.9 Å². The molecule has 0 heterocycles. The molecule has 0 saturated heterocycles. The van der Waals surface area contributed by atoms with E-state index in [9.17, 15) is 4.79 Å². The lowest BCUT2D eigenvalue weighted by molar-refractivity contribution is -0.115. The zero-order valence-corrected chi connectivity index (χ0v) is 14.5. The average molecular weight is 396 g/mol. The van der Waals surface area contributed by atoms with Crippen LogP contribution < -0.4 is 10.6 Å². The number of carbonyl (C=O) groups is 1. The molecule has 0 aromatic heterocycles. The molecule has 0 radical (unpaired) electrons. The minimum atomic E-state index is -0.329. The first-order valence-electron chi connectivity index (χ1n) is 6.35. The number of hydrogen-bond donors (Lipinski definition) is 2. The highest BCUT2D eigenvalue weighted by atomic mass is 79.9. The van der Waals surface area contributed by atoms with Gasteiger partial charge in [0.1, 0.15) is 0 Å². The van der Waals surface area contributed by atoms with Crippen molar-refractivity contribution in [2.75, 3.05) is 5.32 Å². The Morgan fingerprint density at radius 2 is 1.82 bits per heavy atom. The predicted octanol–water partition coefficient (Wildman–Crippen LogP) is 4.63. The summed E-state index contributed by atoms with van der Waals surface area (Å²) in [7, 11) is 0. The lowest BCUT2D eigenvalue weighted by atomic mass is 10.2. The topological polar surface area (TPSA) is 41.1 Å². The van der Waals surface area contributed by atoms with E-state index in [1.807, 2.05) is 42.5 Å². The van der Waals surface area contributed by atoms with Crippen LogP contribution in [-0.4, -0.2) is 11.0 Å². The molecular weight excluding hydrogens is 384 g/mol. The summed E-state index contributed by atoms with van der Waals surface area (Å²) in [6.07, 6.45) is 3.02. The van der Waals surface area contributed by atoms with Gasteiger partial charge in [0.05, 0.1) is 5.69 Å². The van der Waals surface area contributed by atoms with Gasteiger partial charge in [-0.25, -0.2) is 0 Å². The molecule has 0 aliphatic heterocycles. The fourth-order valence-electron chi connectivity index (χ4n) is 1.65. The molecule has 2 aromatic rings. The maximum absolute atomic E-state index is 11.8. The smallest absolute Gasteiger partial charge is 0.250 e. The van der Waals surface area contributed by atoms with Crippen LogP contribution in [0.5, 0.6) is 0 Å². The molecular formula is C16H12BrClN2OS. The van der Waals surface area contributed by atoms with Gasteiger partial charge in [0.2, 0.25) is 5.91 Å². The third-order valence-electron chi connectivity index (χ3n) is 2.68. The Bertz CT molecular complexity index is 734. The summed E-state index contributed by atoms with van der Waals surface area (Å²) in [5.41, 5.74) is 1.55. The molecule has 0 spiro atoms. The van der Waals surface area contributed by atoms with Gasteiger partial charge < -0.3 is 5.32 Å². The second kappa shape index (κ2) is 8.08. The standard InChI is InChI=1S/C16H12BrClN2OS/c17-12-6-2-4-8-14(12)19-16(22)20-15(21)10-9-11-5-1-3-7-13(11)18/h1-10H,(H2,19,20,21,22)/b10-9+. The van der Waals surface area contributed by atoms with Crippen LogP contribution in [0.25, 0.3) is 6.08 Å². The molecule has 0 unspecified atom stereocenters. The van der Waals surface area contributed by atoms with Crippen molar-refractivity contribution in [3.63, 3.8) is 0 Å². The third kappa shape index (κ3) is 4.94. The van der Waals surface area contributed by atoms with E-state index in [4.69, 9.17) is 23.8 Å². The number of amides is 1. The van der Waals surface area contributed by atoms with Crippen LogP contribution in [0.15, 0.2) is 59.1 Å². The zero-order valence-electron chi connectivity index (χ0n) is 11.3. The van der Waals surface area contributed by atoms with Gasteiger partial charge >= 0.3 is 0 Å². The van der Waals surface area contributed by atoms with Crippen LogP contribution in [0.2, 0.25) is 5.02 Å². The average Bonchev–Trinajstić information content (AvgIpc) is 2.49. The van der Waals surface area contributed by atoms with Crippen molar-refractivity contribution < 1.29 is 4.79 Å². The molecule has 0 fully saturated rings. The predicted molar refractivity (Wildman–Crippen MR) is 99.0 cm³/mol. The molecule has 0 saturated carbocycles. The Hall–Kier alpha value is -1.69. The second-order valence-corrected chi connectivity index (χ2v) is 5.95. The molecule has 0 atom stereocenters. The number of benzene rings is 2. The molecule has 22 heavy (non-hydrogen) atoms. The van der Waals surface area contributed by atoms with E-state index >= 15 is 0 Å². The molecule has 0 aliphatic rings. The Balaban J connectivity index is 1.93. The van der Waals surface area contributed by atoms with Crippen LogP contribution in [0.1, 0.15) is 5.56 Å². The first-order valence-corrected chi connectivity index (χ1v) is 7.93. The molecule has 2 aromatic carbocycles. The summed E-state index contributed by atoms with van der Waals surface area (Å²) < 4.78 is 0.859. The van der Waals surface area contributed by atoms with Crippen molar-refractivity contribution in [3.8, 4) is 0 Å². The van der Waals surface area contributed by atoms with E-state index in [2.05, 4.69) is 26.6 Å². The monoisotopic (exact) mass is 394 g/mol. The number of anilines is 1. The fraction of sp³-hybridized carbons (Fsp3) is 0. The highest BCUT2D eigenvalue weighted by molar-refractivity contribution is 9.10. The van der Waals surface area contributed by atoms with E-state index in [1.54, 1.807) is 12.1 Å². The maximum atomic E-state index is 11.8. The minimum absolute atomic E-state index is 0.223. The molecule has 2 rings (SSSR count). The van der Waals surface area contributed by atoms with Crippen molar-refractivity contribution in [2.24, 2.45) is 0 Å². The summed E-state index contributed by atoms with van der Waals surface area (Å²) in [5.74, 6) is -0.329. The van der Waals surface area contributed by atoms with Crippen LogP contribution in [0.3, 0.4) is 0 Å². The number of halogens is 2.